The Morgan fingerprint density at radius 1 is 0.896 bits per heavy atom. The van der Waals surface area contributed by atoms with Gasteiger partial charge in [-0.3, -0.25) is 14.6 Å². The molecule has 0 unspecified atom stereocenters. The monoisotopic (exact) mass is 680 g/mol. The Bertz CT molecular complexity index is 1700. The van der Waals surface area contributed by atoms with Crippen LogP contribution in [-0.2, 0) is 10.0 Å². The molecule has 3 aromatic rings. The number of hydrogen-bond acceptors (Lipinski definition) is 7. The molecule has 0 spiro atoms. The zero-order valence-corrected chi connectivity index (χ0v) is 29.1. The van der Waals surface area contributed by atoms with Gasteiger partial charge in [-0.05, 0) is 101 Å². The molecule has 12 heteroatoms. The summed E-state index contributed by atoms with van der Waals surface area (Å²) in [4.78, 5) is 29.0. The fraction of sp³-hybridized carbons (Fsp3) is 0.528. The van der Waals surface area contributed by atoms with E-state index < -0.39 is 15.8 Å². The van der Waals surface area contributed by atoms with Gasteiger partial charge in [0.15, 0.2) is 0 Å². The summed E-state index contributed by atoms with van der Waals surface area (Å²) in [6.07, 6.45) is 4.51. The highest BCUT2D eigenvalue weighted by Gasteiger charge is 2.43. The minimum absolute atomic E-state index is 0.000265. The van der Waals surface area contributed by atoms with Crippen LogP contribution >= 0.6 is 0 Å². The van der Waals surface area contributed by atoms with Gasteiger partial charge in [0.1, 0.15) is 18.0 Å². The SMILES string of the molecule is Cc1ncnc(C)c1C(=O)N1CCC(C)(N2CCN([C@H](c3cccc(F)c3)C3CCN(S(=O)(=O)c4ccc(F)cc4)CC3)[C@@H](C)C2)CC1. The number of piperidine rings is 2. The number of amides is 1. The average Bonchev–Trinajstić information content (AvgIpc) is 3.06. The lowest BCUT2D eigenvalue weighted by Crippen LogP contribution is -2.63. The van der Waals surface area contributed by atoms with Gasteiger partial charge in [-0.25, -0.2) is 27.2 Å². The summed E-state index contributed by atoms with van der Waals surface area (Å²) in [7, 11) is -3.74. The van der Waals surface area contributed by atoms with Crippen LogP contribution in [0.3, 0.4) is 0 Å². The molecule has 6 rings (SSSR count). The van der Waals surface area contributed by atoms with E-state index in [4.69, 9.17) is 0 Å². The van der Waals surface area contributed by atoms with Crippen LogP contribution in [0.25, 0.3) is 0 Å². The number of carbonyl (C=O) groups excluding carboxylic acids is 1. The molecular formula is C36H46F2N6O3S. The molecular weight excluding hydrogens is 634 g/mol. The third-order valence-electron chi connectivity index (χ3n) is 11.0. The second-order valence-electron chi connectivity index (χ2n) is 13.9. The van der Waals surface area contributed by atoms with Crippen LogP contribution in [0.15, 0.2) is 59.8 Å². The van der Waals surface area contributed by atoms with Crippen molar-refractivity contribution in [3.8, 4) is 0 Å². The molecule has 258 valence electrons. The predicted molar refractivity (Wildman–Crippen MR) is 180 cm³/mol. The first-order valence-electron chi connectivity index (χ1n) is 17.0. The summed E-state index contributed by atoms with van der Waals surface area (Å²) in [6, 6.07) is 11.9. The number of sulfonamides is 1. The van der Waals surface area contributed by atoms with Gasteiger partial charge < -0.3 is 4.90 Å². The van der Waals surface area contributed by atoms with Crippen molar-refractivity contribution in [3.05, 3.63) is 89.0 Å². The van der Waals surface area contributed by atoms with E-state index in [0.717, 1.165) is 38.0 Å². The van der Waals surface area contributed by atoms with Gasteiger partial charge in [0.05, 0.1) is 21.8 Å². The molecule has 4 heterocycles. The lowest BCUT2D eigenvalue weighted by Gasteiger charge is -2.54. The molecule has 3 aliphatic heterocycles. The Balaban J connectivity index is 1.13. The minimum Gasteiger partial charge on any atom is -0.338 e. The first-order valence-corrected chi connectivity index (χ1v) is 18.4. The highest BCUT2D eigenvalue weighted by atomic mass is 32.2. The van der Waals surface area contributed by atoms with Gasteiger partial charge in [0, 0.05) is 63.4 Å². The van der Waals surface area contributed by atoms with E-state index in [1.165, 1.54) is 41.0 Å². The second-order valence-corrected chi connectivity index (χ2v) is 15.9. The molecule has 48 heavy (non-hydrogen) atoms. The van der Waals surface area contributed by atoms with Crippen molar-refractivity contribution in [1.29, 1.82) is 0 Å². The van der Waals surface area contributed by atoms with Crippen LogP contribution in [0, 0.1) is 31.4 Å². The molecule has 3 aliphatic rings. The van der Waals surface area contributed by atoms with E-state index in [1.807, 2.05) is 24.8 Å². The van der Waals surface area contributed by atoms with Crippen molar-refractivity contribution in [2.45, 2.75) is 75.9 Å². The summed E-state index contributed by atoms with van der Waals surface area (Å²) >= 11 is 0. The summed E-state index contributed by atoms with van der Waals surface area (Å²) < 4.78 is 56.2. The number of rotatable bonds is 7. The lowest BCUT2D eigenvalue weighted by atomic mass is 9.82. The quantitative estimate of drug-likeness (QED) is 0.339. The van der Waals surface area contributed by atoms with E-state index in [0.29, 0.717) is 56.0 Å². The van der Waals surface area contributed by atoms with Crippen LogP contribution in [-0.4, -0.2) is 101 Å². The van der Waals surface area contributed by atoms with Gasteiger partial charge in [0.25, 0.3) is 5.91 Å². The Morgan fingerprint density at radius 2 is 1.54 bits per heavy atom. The van der Waals surface area contributed by atoms with Crippen LogP contribution in [0.4, 0.5) is 8.78 Å². The first-order chi connectivity index (χ1) is 22.9. The van der Waals surface area contributed by atoms with Crippen molar-refractivity contribution in [2.24, 2.45) is 5.92 Å². The summed E-state index contributed by atoms with van der Waals surface area (Å²) in [5.74, 6) is -0.612. The molecule has 2 atom stereocenters. The Hall–Kier alpha value is -3.32. The van der Waals surface area contributed by atoms with Crippen molar-refractivity contribution < 1.29 is 22.0 Å². The summed E-state index contributed by atoms with van der Waals surface area (Å²) in [5.41, 5.74) is 2.88. The zero-order valence-electron chi connectivity index (χ0n) is 28.3. The van der Waals surface area contributed by atoms with Gasteiger partial charge in [0.2, 0.25) is 10.0 Å². The highest BCUT2D eigenvalue weighted by molar-refractivity contribution is 7.89. The van der Waals surface area contributed by atoms with Gasteiger partial charge in [-0.1, -0.05) is 12.1 Å². The largest absolute Gasteiger partial charge is 0.338 e. The first kappa shape index (κ1) is 34.5. The Labute approximate surface area is 283 Å². The third-order valence-corrected chi connectivity index (χ3v) is 12.9. The number of carbonyl (C=O) groups is 1. The number of piperazine rings is 1. The smallest absolute Gasteiger partial charge is 0.257 e. The van der Waals surface area contributed by atoms with E-state index in [1.54, 1.807) is 12.1 Å². The maximum absolute atomic E-state index is 14.6. The van der Waals surface area contributed by atoms with Crippen molar-refractivity contribution in [3.63, 3.8) is 0 Å². The van der Waals surface area contributed by atoms with Crippen LogP contribution in [0.1, 0.15) is 72.9 Å². The number of nitrogens with zero attached hydrogens (tertiary/aromatic N) is 6. The van der Waals surface area contributed by atoms with Crippen molar-refractivity contribution >= 4 is 15.9 Å². The Kier molecular flexibility index (Phi) is 10.00. The van der Waals surface area contributed by atoms with Crippen LogP contribution < -0.4 is 0 Å². The maximum atomic E-state index is 14.6. The number of hydrogen-bond donors (Lipinski definition) is 0. The van der Waals surface area contributed by atoms with Crippen molar-refractivity contribution in [1.82, 2.24) is 29.0 Å². The highest BCUT2D eigenvalue weighted by Crippen LogP contribution is 2.40. The van der Waals surface area contributed by atoms with E-state index in [2.05, 4.69) is 33.6 Å². The number of aromatic nitrogens is 2. The molecule has 0 bridgehead atoms. The fourth-order valence-electron chi connectivity index (χ4n) is 8.06. The standard InChI is InChI=1S/C36H46F2N6O3S/c1-25-23-42(36(4)14-18-41(19-15-36)35(45)33-26(2)39-24-40-27(33)3)20-21-44(25)34(29-6-5-7-31(38)22-29)28-12-16-43(17-13-28)48(46,47)32-10-8-30(37)9-11-32/h5-11,22,24-25,28,34H,12-21,23H2,1-4H3/t25-,34-/m0/s1. The fourth-order valence-corrected chi connectivity index (χ4v) is 9.53. The molecule has 9 nitrogen and oxygen atoms in total. The topological polar surface area (TPSA) is 90.0 Å². The molecule has 3 fully saturated rings. The summed E-state index contributed by atoms with van der Waals surface area (Å²) in [5, 5.41) is 0. The normalized spacial score (nSPS) is 22.5. The van der Waals surface area contributed by atoms with E-state index in [-0.39, 0.29) is 40.2 Å². The molecule has 0 aliphatic carbocycles. The minimum atomic E-state index is -3.74. The molecule has 3 saturated heterocycles. The zero-order chi connectivity index (χ0) is 34.2. The van der Waals surface area contributed by atoms with Crippen LogP contribution in [0.5, 0.6) is 0 Å². The maximum Gasteiger partial charge on any atom is 0.257 e. The molecule has 0 N–H and O–H groups in total. The Morgan fingerprint density at radius 3 is 2.15 bits per heavy atom. The van der Waals surface area contributed by atoms with Gasteiger partial charge in [-0.2, -0.15) is 4.31 Å². The predicted octanol–water partition coefficient (Wildman–Crippen LogP) is 5.21. The van der Waals surface area contributed by atoms with E-state index >= 15 is 0 Å². The summed E-state index contributed by atoms with van der Waals surface area (Å²) in [6.45, 7) is 12.8. The number of benzene rings is 2. The van der Waals surface area contributed by atoms with Crippen molar-refractivity contribution in [2.75, 3.05) is 45.8 Å². The number of likely N-dealkylation sites (tertiary alicyclic amines) is 1. The second kappa shape index (κ2) is 13.9. The van der Waals surface area contributed by atoms with Gasteiger partial charge in [-0.15, -0.1) is 0 Å². The number of aryl methyl sites for hydroxylation is 2. The van der Waals surface area contributed by atoms with Gasteiger partial charge >= 0.3 is 0 Å². The molecule has 0 saturated carbocycles. The third kappa shape index (κ3) is 6.90. The average molecular weight is 681 g/mol. The molecule has 1 aromatic heterocycles. The lowest BCUT2D eigenvalue weighted by molar-refractivity contribution is -0.0422. The molecule has 1 amide bonds. The van der Waals surface area contributed by atoms with E-state index in [9.17, 15) is 22.0 Å². The number of halogens is 2. The molecule has 2 aromatic carbocycles. The van der Waals surface area contributed by atoms with Crippen LogP contribution in [0.2, 0.25) is 0 Å². The molecule has 0 radical (unpaired) electrons.